The summed E-state index contributed by atoms with van der Waals surface area (Å²) in [5.74, 6) is -1.52. The quantitative estimate of drug-likeness (QED) is 0.137. The van der Waals surface area contributed by atoms with Crippen molar-refractivity contribution in [2.75, 3.05) is 26.4 Å². The lowest BCUT2D eigenvalue weighted by Gasteiger charge is -2.10. The van der Waals surface area contributed by atoms with E-state index >= 15 is 0 Å². The Morgan fingerprint density at radius 1 is 1.20 bits per heavy atom. The Morgan fingerprint density at radius 3 is 2.35 bits per heavy atom. The monoisotopic (exact) mass is 288 g/mol. The summed E-state index contributed by atoms with van der Waals surface area (Å²) in [5, 5.41) is 18.5. The third-order valence-electron chi connectivity index (χ3n) is 2.15. The predicted octanol–water partition coefficient (Wildman–Crippen LogP) is 0.875. The molecule has 0 heterocycles. The molecule has 0 aromatic rings. The molecule has 7 heteroatoms. The molecule has 116 valence electrons. The third kappa shape index (κ3) is 6.98. The number of nitrogens with two attached hydrogens (primary N) is 1. The Labute approximate surface area is 119 Å². The lowest BCUT2D eigenvalue weighted by molar-refractivity contribution is -0.139. The molecule has 0 spiro atoms. The number of rotatable bonds is 10. The molecule has 0 aliphatic carbocycles. The van der Waals surface area contributed by atoms with Crippen molar-refractivity contribution in [1.29, 1.82) is 0 Å². The lowest BCUT2D eigenvalue weighted by Crippen LogP contribution is -2.26. The average Bonchev–Trinajstić information content (AvgIpc) is 2.43. The van der Waals surface area contributed by atoms with E-state index in [1.807, 2.05) is 13.8 Å². The van der Waals surface area contributed by atoms with Crippen LogP contribution in [0.3, 0.4) is 0 Å². The van der Waals surface area contributed by atoms with Crippen molar-refractivity contribution in [3.05, 3.63) is 11.5 Å². The first kappa shape index (κ1) is 18.2. The van der Waals surface area contributed by atoms with Gasteiger partial charge in [0.25, 0.3) is 5.95 Å². The van der Waals surface area contributed by atoms with Crippen LogP contribution in [0.25, 0.3) is 0 Å². The molecular formula is C13H24N2O5. The topological polar surface area (TPSA) is 114 Å². The molecule has 0 aromatic heterocycles. The summed E-state index contributed by atoms with van der Waals surface area (Å²) in [4.78, 5) is 15.8. The van der Waals surface area contributed by atoms with E-state index in [4.69, 9.17) is 20.3 Å². The molecule has 0 amide bonds. The van der Waals surface area contributed by atoms with Crippen LogP contribution in [-0.4, -0.2) is 48.4 Å². The summed E-state index contributed by atoms with van der Waals surface area (Å²) in [7, 11) is 0. The van der Waals surface area contributed by atoms with E-state index in [1.54, 1.807) is 0 Å². The van der Waals surface area contributed by atoms with E-state index in [0.717, 1.165) is 0 Å². The van der Waals surface area contributed by atoms with Gasteiger partial charge in [-0.15, -0.1) is 0 Å². The Balaban J connectivity index is 5.03. The van der Waals surface area contributed by atoms with Gasteiger partial charge in [-0.1, -0.05) is 13.8 Å². The summed E-state index contributed by atoms with van der Waals surface area (Å²) < 4.78 is 9.94. The SMILES string of the molecule is CCCOC(=O)/C(C(N)=NCCCO)=C(/O)OCCC. The summed E-state index contributed by atoms with van der Waals surface area (Å²) >= 11 is 0. The highest BCUT2D eigenvalue weighted by Gasteiger charge is 2.22. The first-order chi connectivity index (χ1) is 9.58. The van der Waals surface area contributed by atoms with Gasteiger partial charge in [0, 0.05) is 13.2 Å². The van der Waals surface area contributed by atoms with E-state index in [1.165, 1.54) is 0 Å². The van der Waals surface area contributed by atoms with Crippen molar-refractivity contribution >= 4 is 11.8 Å². The van der Waals surface area contributed by atoms with Crippen LogP contribution in [0.5, 0.6) is 0 Å². The minimum atomic E-state index is -0.772. The number of carbonyl (C=O) groups is 1. The highest BCUT2D eigenvalue weighted by molar-refractivity contribution is 6.18. The van der Waals surface area contributed by atoms with E-state index in [0.29, 0.717) is 19.3 Å². The molecule has 0 aliphatic heterocycles. The number of hydrogen-bond acceptors (Lipinski definition) is 6. The molecule has 0 saturated heterocycles. The van der Waals surface area contributed by atoms with Gasteiger partial charge < -0.3 is 25.4 Å². The van der Waals surface area contributed by atoms with Crippen LogP contribution in [0.4, 0.5) is 0 Å². The van der Waals surface area contributed by atoms with Crippen LogP contribution in [-0.2, 0) is 14.3 Å². The molecule has 0 radical (unpaired) electrons. The zero-order valence-corrected chi connectivity index (χ0v) is 12.1. The minimum Gasteiger partial charge on any atom is -0.480 e. The molecule has 4 N–H and O–H groups in total. The number of hydrogen-bond donors (Lipinski definition) is 3. The summed E-state index contributed by atoms with van der Waals surface area (Å²) in [6.45, 7) is 4.39. The third-order valence-corrected chi connectivity index (χ3v) is 2.15. The van der Waals surface area contributed by atoms with Crippen LogP contribution in [0.15, 0.2) is 16.5 Å². The van der Waals surface area contributed by atoms with Gasteiger partial charge in [-0.3, -0.25) is 4.99 Å². The van der Waals surface area contributed by atoms with Gasteiger partial charge in [0.2, 0.25) is 0 Å². The van der Waals surface area contributed by atoms with Gasteiger partial charge in [0.05, 0.1) is 13.2 Å². The van der Waals surface area contributed by atoms with Gasteiger partial charge in [-0.05, 0) is 19.3 Å². The Hall–Kier alpha value is -1.76. The van der Waals surface area contributed by atoms with E-state index in [-0.39, 0.29) is 37.8 Å². The van der Waals surface area contributed by atoms with Gasteiger partial charge in [0.1, 0.15) is 5.84 Å². The number of esters is 1. The van der Waals surface area contributed by atoms with Crippen molar-refractivity contribution in [3.63, 3.8) is 0 Å². The smallest absolute Gasteiger partial charge is 0.349 e. The molecule has 0 fully saturated rings. The Kier molecular flexibility index (Phi) is 10.1. The van der Waals surface area contributed by atoms with Crippen LogP contribution < -0.4 is 5.73 Å². The number of aliphatic imine (C=N–C) groups is 1. The largest absolute Gasteiger partial charge is 0.480 e. The normalized spacial score (nSPS) is 12.8. The second kappa shape index (κ2) is 11.1. The number of aliphatic hydroxyl groups excluding tert-OH is 2. The molecule has 0 saturated carbocycles. The maximum absolute atomic E-state index is 11.9. The van der Waals surface area contributed by atoms with Crippen LogP contribution in [0.1, 0.15) is 33.1 Å². The average molecular weight is 288 g/mol. The Bertz CT molecular complexity index is 353. The number of aliphatic hydroxyl groups is 2. The van der Waals surface area contributed by atoms with E-state index < -0.39 is 11.9 Å². The van der Waals surface area contributed by atoms with Gasteiger partial charge in [0.15, 0.2) is 5.57 Å². The zero-order chi connectivity index (χ0) is 15.4. The number of carbonyl (C=O) groups excluding carboxylic acids is 1. The minimum absolute atomic E-state index is 0.0333. The first-order valence-corrected chi connectivity index (χ1v) is 6.72. The summed E-state index contributed by atoms with van der Waals surface area (Å²) in [6.07, 6.45) is 1.73. The Morgan fingerprint density at radius 2 is 1.80 bits per heavy atom. The van der Waals surface area contributed by atoms with Gasteiger partial charge >= 0.3 is 5.97 Å². The predicted molar refractivity (Wildman–Crippen MR) is 75.3 cm³/mol. The zero-order valence-electron chi connectivity index (χ0n) is 12.1. The molecule has 20 heavy (non-hydrogen) atoms. The fraction of sp³-hybridized carbons (Fsp3) is 0.692. The maximum Gasteiger partial charge on any atom is 0.349 e. The highest BCUT2D eigenvalue weighted by Crippen LogP contribution is 2.08. The van der Waals surface area contributed by atoms with Crippen LogP contribution in [0, 0.1) is 0 Å². The molecule has 0 atom stereocenters. The summed E-state index contributed by atoms with van der Waals surface area (Å²) in [5.41, 5.74) is 5.40. The van der Waals surface area contributed by atoms with Crippen LogP contribution >= 0.6 is 0 Å². The van der Waals surface area contributed by atoms with Gasteiger partial charge in [-0.25, -0.2) is 4.79 Å². The summed E-state index contributed by atoms with van der Waals surface area (Å²) in [6, 6.07) is 0. The molecule has 0 bridgehead atoms. The molecule has 0 unspecified atom stereocenters. The highest BCUT2D eigenvalue weighted by atomic mass is 16.6. The van der Waals surface area contributed by atoms with Crippen molar-refractivity contribution < 1.29 is 24.5 Å². The molecule has 0 aliphatic rings. The van der Waals surface area contributed by atoms with Crippen molar-refractivity contribution in [3.8, 4) is 0 Å². The van der Waals surface area contributed by atoms with Crippen LogP contribution in [0.2, 0.25) is 0 Å². The molecule has 0 rings (SSSR count). The molecule has 0 aromatic carbocycles. The lowest BCUT2D eigenvalue weighted by atomic mass is 10.2. The first-order valence-electron chi connectivity index (χ1n) is 6.72. The number of nitrogens with zero attached hydrogens (tertiary/aromatic N) is 1. The second-order valence-electron chi connectivity index (χ2n) is 4.01. The van der Waals surface area contributed by atoms with Crippen molar-refractivity contribution in [2.45, 2.75) is 33.1 Å². The molecular weight excluding hydrogens is 264 g/mol. The standard InChI is InChI=1S/C13H24N2O5/c1-3-8-19-12(17)10(13(18)20-9-4-2)11(14)15-6-5-7-16/h16-17H,3-9H2,1-2H3,(H2,14,15)/b12-10-. The van der Waals surface area contributed by atoms with E-state index in [9.17, 15) is 9.90 Å². The van der Waals surface area contributed by atoms with Gasteiger partial charge in [-0.2, -0.15) is 0 Å². The van der Waals surface area contributed by atoms with E-state index in [2.05, 4.69) is 4.99 Å². The maximum atomic E-state index is 11.9. The van der Waals surface area contributed by atoms with Crippen molar-refractivity contribution in [1.82, 2.24) is 0 Å². The second-order valence-corrected chi connectivity index (χ2v) is 4.01. The fourth-order valence-electron chi connectivity index (χ4n) is 1.19. The fourth-order valence-corrected chi connectivity index (χ4v) is 1.19. The van der Waals surface area contributed by atoms with Crippen molar-refractivity contribution in [2.24, 2.45) is 10.7 Å². The molecule has 7 nitrogen and oxygen atoms in total. The number of amidine groups is 1. The number of ether oxygens (including phenoxy) is 2.